The molecule has 1 aromatic carbocycles. The number of methoxy groups -OCH3 is 1. The number of ether oxygens (including phenoxy) is 2. The molecule has 0 unspecified atom stereocenters. The lowest BCUT2D eigenvalue weighted by atomic mass is 10.2. The minimum Gasteiger partial charge on any atom is -0.491 e. The Morgan fingerprint density at radius 2 is 1.92 bits per heavy atom. The highest BCUT2D eigenvalue weighted by atomic mass is 16.5. The molecule has 0 saturated carbocycles. The summed E-state index contributed by atoms with van der Waals surface area (Å²) in [4.78, 5) is 36.1. The van der Waals surface area contributed by atoms with Crippen LogP contribution in [0.2, 0.25) is 0 Å². The van der Waals surface area contributed by atoms with Crippen LogP contribution in [0.5, 0.6) is 5.75 Å². The van der Waals surface area contributed by atoms with Crippen LogP contribution in [-0.4, -0.2) is 30.2 Å². The number of benzene rings is 1. The maximum atomic E-state index is 12.2. The van der Waals surface area contributed by atoms with Gasteiger partial charge in [-0.15, -0.1) is 0 Å². The van der Waals surface area contributed by atoms with E-state index in [2.05, 4.69) is 5.32 Å². The highest BCUT2D eigenvalue weighted by molar-refractivity contribution is 6.01. The maximum absolute atomic E-state index is 12.2. The Hall–Kier alpha value is -3.09. The van der Waals surface area contributed by atoms with E-state index >= 15 is 0 Å². The number of amides is 1. The van der Waals surface area contributed by atoms with Gasteiger partial charge in [-0.05, 0) is 31.2 Å². The third kappa shape index (κ3) is 4.01. The number of aromatic nitrogens is 1. The van der Waals surface area contributed by atoms with Gasteiger partial charge in [-0.25, -0.2) is 4.79 Å². The number of carbonyl (C=O) groups is 2. The molecule has 24 heavy (non-hydrogen) atoms. The molecule has 1 N–H and O–H groups in total. The molecule has 0 aliphatic carbocycles. The van der Waals surface area contributed by atoms with Crippen molar-refractivity contribution in [3.8, 4) is 5.75 Å². The summed E-state index contributed by atoms with van der Waals surface area (Å²) in [5.41, 5.74) is 0.177. The van der Waals surface area contributed by atoms with Gasteiger partial charge in [0.2, 0.25) is 5.91 Å². The van der Waals surface area contributed by atoms with E-state index in [9.17, 15) is 14.4 Å². The predicted molar refractivity (Wildman–Crippen MR) is 88.3 cm³/mol. The molecule has 0 bridgehead atoms. The van der Waals surface area contributed by atoms with Gasteiger partial charge in [0, 0.05) is 6.20 Å². The van der Waals surface area contributed by atoms with Crippen molar-refractivity contribution in [2.75, 3.05) is 19.0 Å². The average molecular weight is 330 g/mol. The lowest BCUT2D eigenvalue weighted by Crippen LogP contribution is -2.28. The fraction of sp³-hybridized carbons (Fsp3) is 0.235. The number of nitrogens with one attached hydrogen (secondary N) is 1. The first-order valence-corrected chi connectivity index (χ1v) is 7.36. The molecule has 1 aromatic heterocycles. The first-order valence-electron chi connectivity index (χ1n) is 7.36. The molecule has 2 rings (SSSR count). The highest BCUT2D eigenvalue weighted by Gasteiger charge is 2.14. The van der Waals surface area contributed by atoms with Crippen LogP contribution in [-0.2, 0) is 16.1 Å². The summed E-state index contributed by atoms with van der Waals surface area (Å²) in [6, 6.07) is 9.65. The van der Waals surface area contributed by atoms with E-state index in [-0.39, 0.29) is 24.5 Å². The summed E-state index contributed by atoms with van der Waals surface area (Å²) >= 11 is 0. The largest absolute Gasteiger partial charge is 0.491 e. The molecule has 0 radical (unpaired) electrons. The van der Waals surface area contributed by atoms with E-state index in [0.29, 0.717) is 5.69 Å². The molecule has 0 saturated heterocycles. The van der Waals surface area contributed by atoms with Gasteiger partial charge in [0.25, 0.3) is 5.56 Å². The number of nitrogens with zero attached hydrogens (tertiary/aromatic N) is 1. The van der Waals surface area contributed by atoms with Crippen molar-refractivity contribution in [2.24, 2.45) is 0 Å². The minimum absolute atomic E-state index is 0.150. The monoisotopic (exact) mass is 330 g/mol. The second kappa shape index (κ2) is 7.96. The maximum Gasteiger partial charge on any atom is 0.340 e. The molecule has 0 fully saturated rings. The Morgan fingerprint density at radius 1 is 1.17 bits per heavy atom. The standard InChI is InChI=1S/C17H18N2O5/c1-3-24-17(22)12-7-4-5-8-13(12)18-15(20)11-19-10-6-9-14(23-2)16(19)21/h4-10H,3,11H2,1-2H3,(H,18,20). The lowest BCUT2D eigenvalue weighted by Gasteiger charge is -2.11. The zero-order valence-corrected chi connectivity index (χ0v) is 13.4. The van der Waals surface area contributed by atoms with Crippen molar-refractivity contribution in [3.63, 3.8) is 0 Å². The first-order chi connectivity index (χ1) is 11.6. The summed E-state index contributed by atoms with van der Waals surface area (Å²) in [6.45, 7) is 1.74. The van der Waals surface area contributed by atoms with Crippen LogP contribution in [0.4, 0.5) is 5.69 Å². The van der Waals surface area contributed by atoms with E-state index in [1.807, 2.05) is 0 Å². The SMILES string of the molecule is CCOC(=O)c1ccccc1NC(=O)Cn1cccc(OC)c1=O. The van der Waals surface area contributed by atoms with Crippen molar-refractivity contribution in [3.05, 3.63) is 58.5 Å². The summed E-state index contributed by atoms with van der Waals surface area (Å²) in [5.74, 6) is -0.814. The van der Waals surface area contributed by atoms with Gasteiger partial charge >= 0.3 is 5.97 Å². The number of rotatable bonds is 6. The van der Waals surface area contributed by atoms with Crippen LogP contribution in [0.15, 0.2) is 47.4 Å². The van der Waals surface area contributed by atoms with E-state index in [0.717, 1.165) is 0 Å². The van der Waals surface area contributed by atoms with Crippen molar-refractivity contribution < 1.29 is 19.1 Å². The van der Waals surface area contributed by atoms with Crippen molar-refractivity contribution in [1.82, 2.24) is 4.57 Å². The second-order valence-corrected chi connectivity index (χ2v) is 4.82. The van der Waals surface area contributed by atoms with Gasteiger partial charge in [-0.2, -0.15) is 0 Å². The van der Waals surface area contributed by atoms with Gasteiger partial charge < -0.3 is 19.4 Å². The summed E-state index contributed by atoms with van der Waals surface area (Å²) in [5, 5.41) is 2.62. The Kier molecular flexibility index (Phi) is 5.73. The molecule has 2 aromatic rings. The Labute approximate surface area is 138 Å². The van der Waals surface area contributed by atoms with Crippen molar-refractivity contribution >= 4 is 17.6 Å². The van der Waals surface area contributed by atoms with E-state index in [1.165, 1.54) is 23.9 Å². The van der Waals surface area contributed by atoms with Gasteiger partial charge in [-0.1, -0.05) is 12.1 Å². The molecule has 0 aliphatic rings. The zero-order chi connectivity index (χ0) is 17.5. The fourth-order valence-corrected chi connectivity index (χ4v) is 2.12. The molecule has 7 heteroatoms. The highest BCUT2D eigenvalue weighted by Crippen LogP contribution is 2.16. The minimum atomic E-state index is -0.521. The molecule has 126 valence electrons. The van der Waals surface area contributed by atoms with Crippen LogP contribution in [0.25, 0.3) is 0 Å². The number of carbonyl (C=O) groups excluding carboxylic acids is 2. The zero-order valence-electron chi connectivity index (χ0n) is 13.4. The van der Waals surface area contributed by atoms with Crippen molar-refractivity contribution in [1.29, 1.82) is 0 Å². The van der Waals surface area contributed by atoms with Gasteiger partial charge in [0.15, 0.2) is 5.75 Å². The van der Waals surface area contributed by atoms with Crippen LogP contribution in [0.3, 0.4) is 0 Å². The molecule has 1 amide bonds. The topological polar surface area (TPSA) is 86.6 Å². The number of para-hydroxylation sites is 1. The molecular formula is C17H18N2O5. The molecule has 0 spiro atoms. The third-order valence-corrected chi connectivity index (χ3v) is 3.22. The quantitative estimate of drug-likeness (QED) is 0.814. The van der Waals surface area contributed by atoms with E-state index in [1.54, 1.807) is 37.3 Å². The average Bonchev–Trinajstić information content (AvgIpc) is 2.57. The van der Waals surface area contributed by atoms with Gasteiger partial charge in [0.1, 0.15) is 6.54 Å². The van der Waals surface area contributed by atoms with E-state index < -0.39 is 17.4 Å². The molecule has 1 heterocycles. The van der Waals surface area contributed by atoms with Crippen LogP contribution in [0.1, 0.15) is 17.3 Å². The number of anilines is 1. The molecule has 7 nitrogen and oxygen atoms in total. The number of hydrogen-bond acceptors (Lipinski definition) is 5. The number of esters is 1. The van der Waals surface area contributed by atoms with Crippen LogP contribution < -0.4 is 15.6 Å². The number of pyridine rings is 1. The third-order valence-electron chi connectivity index (χ3n) is 3.22. The number of hydrogen-bond donors (Lipinski definition) is 1. The molecule has 0 atom stereocenters. The van der Waals surface area contributed by atoms with Crippen molar-refractivity contribution in [2.45, 2.75) is 13.5 Å². The Balaban J connectivity index is 2.17. The molecular weight excluding hydrogens is 312 g/mol. The van der Waals surface area contributed by atoms with Gasteiger partial charge in [-0.3, -0.25) is 9.59 Å². The van der Waals surface area contributed by atoms with E-state index in [4.69, 9.17) is 9.47 Å². The smallest absolute Gasteiger partial charge is 0.340 e. The van der Waals surface area contributed by atoms with Crippen LogP contribution >= 0.6 is 0 Å². The summed E-state index contributed by atoms with van der Waals surface area (Å²) < 4.78 is 11.1. The lowest BCUT2D eigenvalue weighted by molar-refractivity contribution is -0.116. The Morgan fingerprint density at radius 3 is 2.62 bits per heavy atom. The predicted octanol–water partition coefficient (Wildman–Crippen LogP) is 1.67. The van der Waals surface area contributed by atoms with Crippen LogP contribution in [0, 0.1) is 0 Å². The Bertz CT molecular complexity index is 798. The van der Waals surface area contributed by atoms with Gasteiger partial charge in [0.05, 0.1) is 25.0 Å². The summed E-state index contributed by atoms with van der Waals surface area (Å²) in [6.07, 6.45) is 1.49. The first kappa shape index (κ1) is 17.3. The fourth-order valence-electron chi connectivity index (χ4n) is 2.12. The normalized spacial score (nSPS) is 10.1. The molecule has 0 aliphatic heterocycles. The summed E-state index contributed by atoms with van der Waals surface area (Å²) in [7, 11) is 1.39. The second-order valence-electron chi connectivity index (χ2n) is 4.82.